The van der Waals surface area contributed by atoms with Crippen molar-refractivity contribution in [3.63, 3.8) is 0 Å². The van der Waals surface area contributed by atoms with Gasteiger partial charge in [-0.3, -0.25) is 4.90 Å². The molecule has 4 heteroatoms. The van der Waals surface area contributed by atoms with Gasteiger partial charge in [-0.25, -0.2) is 0 Å². The minimum absolute atomic E-state index is 0.866. The van der Waals surface area contributed by atoms with Crippen LogP contribution in [0.15, 0.2) is 24.3 Å². The third-order valence-corrected chi connectivity index (χ3v) is 3.82. The van der Waals surface area contributed by atoms with Crippen LogP contribution in [-0.4, -0.2) is 48.1 Å². The molecule has 1 N–H and O–H groups in total. The maximum Gasteiger partial charge on any atom is 0.168 e. The molecule has 0 unspecified atom stereocenters. The summed E-state index contributed by atoms with van der Waals surface area (Å²) in [6.07, 6.45) is 0. The number of nitrogens with one attached hydrogen (secondary N) is 1. The quantitative estimate of drug-likeness (QED) is 0.817. The highest BCUT2D eigenvalue weighted by Gasteiger charge is 2.18. The molecule has 1 heterocycles. The van der Waals surface area contributed by atoms with Crippen molar-refractivity contribution in [2.75, 3.05) is 33.2 Å². The standard InChI is InChI=1S/C14H21N3S/c1-12-4-3-5-13(10-12)11-16-6-8-17(9-7-16)14(18)15-2/h3-5,10H,6-9,11H2,1-2H3,(H,15,18). The maximum absolute atomic E-state index is 5.26. The maximum atomic E-state index is 5.26. The van der Waals surface area contributed by atoms with E-state index in [4.69, 9.17) is 12.2 Å². The van der Waals surface area contributed by atoms with E-state index in [0.29, 0.717) is 0 Å². The molecular weight excluding hydrogens is 242 g/mol. The van der Waals surface area contributed by atoms with Crippen LogP contribution in [0.1, 0.15) is 11.1 Å². The van der Waals surface area contributed by atoms with Crippen molar-refractivity contribution < 1.29 is 0 Å². The molecule has 0 aliphatic carbocycles. The number of benzene rings is 1. The Morgan fingerprint density at radius 1 is 1.28 bits per heavy atom. The smallest absolute Gasteiger partial charge is 0.168 e. The van der Waals surface area contributed by atoms with E-state index in [2.05, 4.69) is 46.3 Å². The monoisotopic (exact) mass is 263 g/mol. The molecule has 0 amide bonds. The van der Waals surface area contributed by atoms with E-state index in [-0.39, 0.29) is 0 Å². The van der Waals surface area contributed by atoms with Gasteiger partial charge < -0.3 is 10.2 Å². The van der Waals surface area contributed by atoms with Crippen molar-refractivity contribution in [2.24, 2.45) is 0 Å². The fourth-order valence-electron chi connectivity index (χ4n) is 2.34. The van der Waals surface area contributed by atoms with E-state index < -0.39 is 0 Å². The Bertz CT molecular complexity index is 411. The first kappa shape index (κ1) is 13.3. The van der Waals surface area contributed by atoms with Crippen LogP contribution < -0.4 is 5.32 Å². The first-order valence-electron chi connectivity index (χ1n) is 6.43. The molecule has 3 nitrogen and oxygen atoms in total. The summed E-state index contributed by atoms with van der Waals surface area (Å²) in [4.78, 5) is 4.73. The van der Waals surface area contributed by atoms with Crippen LogP contribution in [0.4, 0.5) is 0 Å². The zero-order valence-electron chi connectivity index (χ0n) is 11.1. The van der Waals surface area contributed by atoms with Crippen LogP contribution in [0.3, 0.4) is 0 Å². The Balaban J connectivity index is 1.85. The summed E-state index contributed by atoms with van der Waals surface area (Å²) in [7, 11) is 1.89. The van der Waals surface area contributed by atoms with Gasteiger partial charge in [0.25, 0.3) is 0 Å². The number of thiocarbonyl (C=S) groups is 1. The van der Waals surface area contributed by atoms with Crippen molar-refractivity contribution in [1.29, 1.82) is 0 Å². The highest BCUT2D eigenvalue weighted by atomic mass is 32.1. The van der Waals surface area contributed by atoms with Gasteiger partial charge in [0.05, 0.1) is 0 Å². The summed E-state index contributed by atoms with van der Waals surface area (Å²) < 4.78 is 0. The molecule has 0 saturated carbocycles. The largest absolute Gasteiger partial charge is 0.366 e. The second kappa shape index (κ2) is 6.16. The zero-order chi connectivity index (χ0) is 13.0. The van der Waals surface area contributed by atoms with Crippen molar-refractivity contribution in [3.8, 4) is 0 Å². The van der Waals surface area contributed by atoms with Gasteiger partial charge in [-0.15, -0.1) is 0 Å². The topological polar surface area (TPSA) is 18.5 Å². The van der Waals surface area contributed by atoms with Crippen LogP contribution in [-0.2, 0) is 6.54 Å². The lowest BCUT2D eigenvalue weighted by atomic mass is 10.1. The number of piperazine rings is 1. The van der Waals surface area contributed by atoms with E-state index in [1.165, 1.54) is 11.1 Å². The minimum atomic E-state index is 0.866. The lowest BCUT2D eigenvalue weighted by Gasteiger charge is -2.35. The highest BCUT2D eigenvalue weighted by Crippen LogP contribution is 2.10. The fourth-order valence-corrected chi connectivity index (χ4v) is 2.52. The summed E-state index contributed by atoms with van der Waals surface area (Å²) in [6.45, 7) is 7.39. The summed E-state index contributed by atoms with van der Waals surface area (Å²) in [5, 5.41) is 3.91. The molecule has 1 aliphatic rings. The van der Waals surface area contributed by atoms with Gasteiger partial charge in [0.2, 0.25) is 0 Å². The lowest BCUT2D eigenvalue weighted by molar-refractivity contribution is 0.175. The third-order valence-electron chi connectivity index (χ3n) is 3.36. The summed E-state index contributed by atoms with van der Waals surface area (Å²) in [6, 6.07) is 8.76. The summed E-state index contributed by atoms with van der Waals surface area (Å²) in [5.41, 5.74) is 2.74. The average molecular weight is 263 g/mol. The van der Waals surface area contributed by atoms with Gasteiger partial charge in [0.15, 0.2) is 5.11 Å². The zero-order valence-corrected chi connectivity index (χ0v) is 12.0. The first-order valence-corrected chi connectivity index (χ1v) is 6.84. The Kier molecular flexibility index (Phi) is 4.55. The van der Waals surface area contributed by atoms with E-state index in [1.807, 2.05) is 7.05 Å². The molecular formula is C14H21N3S. The molecule has 98 valence electrons. The van der Waals surface area contributed by atoms with Gasteiger partial charge in [-0.1, -0.05) is 29.8 Å². The molecule has 1 aromatic rings. The fraction of sp³-hybridized carbons (Fsp3) is 0.500. The molecule has 1 aliphatic heterocycles. The Morgan fingerprint density at radius 2 is 2.00 bits per heavy atom. The van der Waals surface area contributed by atoms with Crippen molar-refractivity contribution in [3.05, 3.63) is 35.4 Å². The molecule has 0 aromatic heterocycles. The number of hydrogen-bond acceptors (Lipinski definition) is 2. The van der Waals surface area contributed by atoms with Crippen molar-refractivity contribution in [1.82, 2.24) is 15.1 Å². The minimum Gasteiger partial charge on any atom is -0.366 e. The highest BCUT2D eigenvalue weighted by molar-refractivity contribution is 7.80. The van der Waals surface area contributed by atoms with Gasteiger partial charge in [0, 0.05) is 39.8 Å². The van der Waals surface area contributed by atoms with Gasteiger partial charge in [0.1, 0.15) is 0 Å². The van der Waals surface area contributed by atoms with E-state index in [0.717, 1.165) is 37.8 Å². The SMILES string of the molecule is CNC(=S)N1CCN(Cc2cccc(C)c2)CC1. The Morgan fingerprint density at radius 3 is 2.61 bits per heavy atom. The Labute approximate surface area is 115 Å². The molecule has 2 rings (SSSR count). The van der Waals surface area contributed by atoms with Gasteiger partial charge in [-0.05, 0) is 24.7 Å². The van der Waals surface area contributed by atoms with E-state index in [9.17, 15) is 0 Å². The second-order valence-corrected chi connectivity index (χ2v) is 5.19. The van der Waals surface area contributed by atoms with E-state index >= 15 is 0 Å². The predicted octanol–water partition coefficient (Wildman–Crippen LogP) is 1.62. The molecule has 0 bridgehead atoms. The van der Waals surface area contributed by atoms with Crippen molar-refractivity contribution >= 4 is 17.3 Å². The van der Waals surface area contributed by atoms with Crippen LogP contribution in [0.5, 0.6) is 0 Å². The van der Waals surface area contributed by atoms with Gasteiger partial charge >= 0.3 is 0 Å². The normalized spacial score (nSPS) is 16.7. The predicted molar refractivity (Wildman–Crippen MR) is 79.7 cm³/mol. The van der Waals surface area contributed by atoms with Crippen LogP contribution >= 0.6 is 12.2 Å². The van der Waals surface area contributed by atoms with E-state index in [1.54, 1.807) is 0 Å². The van der Waals surface area contributed by atoms with Crippen LogP contribution in [0.2, 0.25) is 0 Å². The third kappa shape index (κ3) is 3.43. The number of nitrogens with zero attached hydrogens (tertiary/aromatic N) is 2. The number of rotatable bonds is 2. The molecule has 1 aromatic carbocycles. The molecule has 18 heavy (non-hydrogen) atoms. The molecule has 1 fully saturated rings. The number of aryl methyl sites for hydroxylation is 1. The summed E-state index contributed by atoms with van der Waals surface area (Å²) >= 11 is 5.26. The van der Waals surface area contributed by atoms with Gasteiger partial charge in [-0.2, -0.15) is 0 Å². The summed E-state index contributed by atoms with van der Waals surface area (Å²) in [5.74, 6) is 0. The van der Waals surface area contributed by atoms with Crippen LogP contribution in [0.25, 0.3) is 0 Å². The Hall–Kier alpha value is -1.13. The first-order chi connectivity index (χ1) is 8.69. The molecule has 1 saturated heterocycles. The number of hydrogen-bond donors (Lipinski definition) is 1. The van der Waals surface area contributed by atoms with Crippen LogP contribution in [0, 0.1) is 6.92 Å². The average Bonchev–Trinajstić information content (AvgIpc) is 2.39. The molecule has 0 atom stereocenters. The molecule has 0 radical (unpaired) electrons. The van der Waals surface area contributed by atoms with Crippen molar-refractivity contribution in [2.45, 2.75) is 13.5 Å². The lowest BCUT2D eigenvalue weighted by Crippen LogP contribution is -2.50. The second-order valence-electron chi connectivity index (χ2n) is 4.81. The molecule has 0 spiro atoms.